The Bertz CT molecular complexity index is 464. The van der Waals surface area contributed by atoms with E-state index in [1.165, 1.54) is 11.8 Å². The van der Waals surface area contributed by atoms with Gasteiger partial charge in [-0.1, -0.05) is 18.3 Å². The lowest BCUT2D eigenvalue weighted by molar-refractivity contribution is 0.0826. The van der Waals surface area contributed by atoms with Crippen LogP contribution >= 0.6 is 11.3 Å². The second-order valence-electron chi connectivity index (χ2n) is 2.98. The third-order valence-electron chi connectivity index (χ3n) is 1.64. The van der Waals surface area contributed by atoms with Crippen LogP contribution in [0.1, 0.15) is 16.7 Å². The van der Waals surface area contributed by atoms with Gasteiger partial charge in [-0.15, -0.1) is 10.2 Å². The van der Waals surface area contributed by atoms with E-state index in [1.54, 1.807) is 14.1 Å². The van der Waals surface area contributed by atoms with E-state index in [0.29, 0.717) is 0 Å². The first-order valence-electron chi connectivity index (χ1n) is 4.16. The number of carbonyl (C=O) groups excluding carboxylic acids is 1. The minimum atomic E-state index is -3.36. The molecule has 1 aromatic rings. The molecule has 0 radical (unpaired) electrons. The van der Waals surface area contributed by atoms with Gasteiger partial charge in [0.1, 0.15) is 0 Å². The fourth-order valence-electron chi connectivity index (χ4n) is 0.737. The van der Waals surface area contributed by atoms with Crippen molar-refractivity contribution in [1.29, 1.82) is 0 Å². The van der Waals surface area contributed by atoms with Crippen LogP contribution in [-0.2, 0) is 9.84 Å². The van der Waals surface area contributed by atoms with Crippen LogP contribution in [0.3, 0.4) is 0 Å². The molecule has 0 spiro atoms. The predicted octanol–water partition coefficient (Wildman–Crippen LogP) is 0.0335. The van der Waals surface area contributed by atoms with E-state index in [1.807, 2.05) is 0 Å². The van der Waals surface area contributed by atoms with E-state index in [0.717, 1.165) is 11.3 Å². The van der Waals surface area contributed by atoms with Crippen LogP contribution in [0.4, 0.5) is 0 Å². The summed E-state index contributed by atoms with van der Waals surface area (Å²) in [6.07, 6.45) is 0. The van der Waals surface area contributed by atoms with Gasteiger partial charge in [-0.2, -0.15) is 0 Å². The van der Waals surface area contributed by atoms with E-state index in [2.05, 4.69) is 10.2 Å². The SMILES string of the molecule is CCS(=O)(=O)c1nnc(C(=O)N(C)C)s1. The number of hydrogen-bond acceptors (Lipinski definition) is 6. The molecule has 0 fully saturated rings. The summed E-state index contributed by atoms with van der Waals surface area (Å²) in [5, 5.41) is 7.13. The monoisotopic (exact) mass is 249 g/mol. The van der Waals surface area contributed by atoms with Gasteiger partial charge in [-0.05, 0) is 0 Å². The topological polar surface area (TPSA) is 80.2 Å². The molecule has 84 valence electrons. The molecule has 0 aliphatic carbocycles. The molecule has 0 aliphatic heterocycles. The summed E-state index contributed by atoms with van der Waals surface area (Å²) >= 11 is 0.799. The van der Waals surface area contributed by atoms with Crippen molar-refractivity contribution >= 4 is 27.1 Å². The Balaban J connectivity index is 3.06. The predicted molar refractivity (Wildman–Crippen MR) is 55.7 cm³/mol. The van der Waals surface area contributed by atoms with Crippen molar-refractivity contribution in [1.82, 2.24) is 15.1 Å². The molecule has 1 aromatic heterocycles. The van der Waals surface area contributed by atoms with E-state index < -0.39 is 9.84 Å². The van der Waals surface area contributed by atoms with Crippen LogP contribution in [-0.4, -0.2) is 49.3 Å². The molecule has 0 atom stereocenters. The number of aromatic nitrogens is 2. The normalized spacial score (nSPS) is 11.4. The molecule has 1 heterocycles. The van der Waals surface area contributed by atoms with Gasteiger partial charge in [-0.25, -0.2) is 8.42 Å². The molecular weight excluding hydrogens is 238 g/mol. The number of carbonyl (C=O) groups is 1. The molecule has 0 aromatic carbocycles. The molecular formula is C7H11N3O3S2. The van der Waals surface area contributed by atoms with Crippen molar-refractivity contribution in [2.75, 3.05) is 19.8 Å². The number of hydrogen-bond donors (Lipinski definition) is 0. The van der Waals surface area contributed by atoms with Crippen molar-refractivity contribution < 1.29 is 13.2 Å². The second-order valence-corrected chi connectivity index (χ2v) is 6.41. The maximum atomic E-state index is 11.4. The molecule has 0 N–H and O–H groups in total. The van der Waals surface area contributed by atoms with Crippen molar-refractivity contribution in [2.45, 2.75) is 11.3 Å². The highest BCUT2D eigenvalue weighted by molar-refractivity contribution is 7.93. The van der Waals surface area contributed by atoms with E-state index >= 15 is 0 Å². The zero-order chi connectivity index (χ0) is 11.6. The van der Waals surface area contributed by atoms with Gasteiger partial charge in [0.05, 0.1) is 5.75 Å². The van der Waals surface area contributed by atoms with Crippen LogP contribution in [0.25, 0.3) is 0 Å². The van der Waals surface area contributed by atoms with Crippen molar-refractivity contribution in [3.63, 3.8) is 0 Å². The third kappa shape index (κ3) is 2.51. The smallest absolute Gasteiger partial charge is 0.284 e. The zero-order valence-corrected chi connectivity index (χ0v) is 10.2. The summed E-state index contributed by atoms with van der Waals surface area (Å²) in [6, 6.07) is 0. The van der Waals surface area contributed by atoms with Gasteiger partial charge in [0.25, 0.3) is 5.91 Å². The second kappa shape index (κ2) is 4.23. The van der Waals surface area contributed by atoms with E-state index in [4.69, 9.17) is 0 Å². The molecule has 1 amide bonds. The summed E-state index contributed by atoms with van der Waals surface area (Å²) in [7, 11) is -0.228. The van der Waals surface area contributed by atoms with E-state index in [9.17, 15) is 13.2 Å². The number of amides is 1. The van der Waals surface area contributed by atoms with Crippen LogP contribution in [0.5, 0.6) is 0 Å². The number of rotatable bonds is 3. The van der Waals surface area contributed by atoms with Crippen molar-refractivity contribution in [3.05, 3.63) is 5.01 Å². The van der Waals surface area contributed by atoms with Crippen molar-refractivity contribution in [2.24, 2.45) is 0 Å². The fourth-order valence-corrected chi connectivity index (χ4v) is 2.85. The highest BCUT2D eigenvalue weighted by Gasteiger charge is 2.21. The van der Waals surface area contributed by atoms with Crippen LogP contribution in [0.15, 0.2) is 4.34 Å². The molecule has 1 rings (SSSR count). The lowest BCUT2D eigenvalue weighted by Gasteiger charge is -2.05. The minimum Gasteiger partial charge on any atom is -0.343 e. The van der Waals surface area contributed by atoms with Gasteiger partial charge in [-0.3, -0.25) is 4.79 Å². The van der Waals surface area contributed by atoms with Gasteiger partial charge in [0.2, 0.25) is 19.2 Å². The fraction of sp³-hybridized carbons (Fsp3) is 0.571. The lowest BCUT2D eigenvalue weighted by atomic mass is 10.6. The minimum absolute atomic E-state index is 0.0439. The maximum Gasteiger partial charge on any atom is 0.284 e. The van der Waals surface area contributed by atoms with Gasteiger partial charge < -0.3 is 4.90 Å². The maximum absolute atomic E-state index is 11.4. The average Bonchev–Trinajstić information content (AvgIpc) is 2.65. The molecule has 0 saturated carbocycles. The molecule has 0 bridgehead atoms. The highest BCUT2D eigenvalue weighted by atomic mass is 32.2. The largest absolute Gasteiger partial charge is 0.343 e. The van der Waals surface area contributed by atoms with Crippen LogP contribution < -0.4 is 0 Å². The Hall–Kier alpha value is -1.02. The molecule has 0 saturated heterocycles. The summed E-state index contributed by atoms with van der Waals surface area (Å²) in [4.78, 5) is 12.7. The van der Waals surface area contributed by atoms with Gasteiger partial charge in [0.15, 0.2) is 0 Å². The summed E-state index contributed by atoms with van der Waals surface area (Å²) in [6.45, 7) is 1.52. The molecule has 0 unspecified atom stereocenters. The Morgan fingerprint density at radius 1 is 1.40 bits per heavy atom. The Morgan fingerprint density at radius 2 is 2.00 bits per heavy atom. The first kappa shape index (κ1) is 12.1. The lowest BCUT2D eigenvalue weighted by Crippen LogP contribution is -2.21. The first-order chi connectivity index (χ1) is 6.88. The molecule has 15 heavy (non-hydrogen) atoms. The Labute approximate surface area is 91.9 Å². The molecule has 6 nitrogen and oxygen atoms in total. The first-order valence-corrected chi connectivity index (χ1v) is 6.63. The molecule has 8 heteroatoms. The zero-order valence-electron chi connectivity index (χ0n) is 8.59. The van der Waals surface area contributed by atoms with E-state index in [-0.39, 0.29) is 21.0 Å². The number of sulfone groups is 1. The van der Waals surface area contributed by atoms with Crippen LogP contribution in [0, 0.1) is 0 Å². The third-order valence-corrected chi connectivity index (χ3v) is 4.73. The Morgan fingerprint density at radius 3 is 2.47 bits per heavy atom. The number of nitrogens with zero attached hydrogens (tertiary/aromatic N) is 3. The molecule has 0 aliphatic rings. The quantitative estimate of drug-likeness (QED) is 0.755. The van der Waals surface area contributed by atoms with Gasteiger partial charge >= 0.3 is 0 Å². The summed E-state index contributed by atoms with van der Waals surface area (Å²) < 4.78 is 22.7. The van der Waals surface area contributed by atoms with Crippen LogP contribution in [0.2, 0.25) is 0 Å². The summed E-state index contributed by atoms with van der Waals surface area (Å²) in [5.74, 6) is -0.386. The standard InChI is InChI=1S/C7H11N3O3S2/c1-4-15(12,13)7-9-8-5(14-7)6(11)10(2)3/h4H2,1-3H3. The Kier molecular flexibility index (Phi) is 3.40. The highest BCUT2D eigenvalue weighted by Crippen LogP contribution is 2.17. The van der Waals surface area contributed by atoms with Gasteiger partial charge in [0, 0.05) is 14.1 Å². The summed E-state index contributed by atoms with van der Waals surface area (Å²) in [5.41, 5.74) is 0. The average molecular weight is 249 g/mol. The van der Waals surface area contributed by atoms with Crippen molar-refractivity contribution in [3.8, 4) is 0 Å².